The van der Waals surface area contributed by atoms with Gasteiger partial charge in [0, 0.05) is 12.0 Å². The van der Waals surface area contributed by atoms with Gasteiger partial charge in [-0.05, 0) is 44.4 Å². The van der Waals surface area contributed by atoms with Crippen molar-refractivity contribution in [3.63, 3.8) is 0 Å². The van der Waals surface area contributed by atoms with Crippen LogP contribution in [-0.2, 0) is 0 Å². The standard InChI is InChI=1S/C18H27NO/c1-3-4-5-6-7-11-17(19-2)15-13-14-20-18-12-9-8-10-16(15)18/h3,8-10,12,15,17,19H,1,4-7,11,13-14H2,2H3. The van der Waals surface area contributed by atoms with Crippen LogP contribution in [0.25, 0.3) is 0 Å². The first kappa shape index (κ1) is 15.1. The number of rotatable bonds is 8. The van der Waals surface area contributed by atoms with Gasteiger partial charge in [0.1, 0.15) is 5.75 Å². The number of unbranched alkanes of at least 4 members (excludes halogenated alkanes) is 3. The molecule has 2 rings (SSSR count). The van der Waals surface area contributed by atoms with Crippen LogP contribution in [-0.4, -0.2) is 19.7 Å². The molecule has 2 atom stereocenters. The fourth-order valence-electron chi connectivity index (χ4n) is 3.16. The van der Waals surface area contributed by atoms with Crippen molar-refractivity contribution >= 4 is 0 Å². The van der Waals surface area contributed by atoms with Crippen molar-refractivity contribution in [2.24, 2.45) is 0 Å². The maximum atomic E-state index is 5.77. The Labute approximate surface area is 123 Å². The Morgan fingerprint density at radius 1 is 1.35 bits per heavy atom. The van der Waals surface area contributed by atoms with Crippen LogP contribution in [0.1, 0.15) is 50.0 Å². The minimum absolute atomic E-state index is 0.559. The molecule has 1 aliphatic heterocycles. The topological polar surface area (TPSA) is 21.3 Å². The van der Waals surface area contributed by atoms with Gasteiger partial charge in [0.2, 0.25) is 0 Å². The number of benzene rings is 1. The number of para-hydroxylation sites is 1. The number of likely N-dealkylation sites (N-methyl/N-ethyl adjacent to an activating group) is 1. The Morgan fingerprint density at radius 2 is 2.20 bits per heavy atom. The van der Waals surface area contributed by atoms with Crippen molar-refractivity contribution < 1.29 is 4.74 Å². The van der Waals surface area contributed by atoms with E-state index in [1.807, 2.05) is 6.08 Å². The first-order valence-electron chi connectivity index (χ1n) is 7.86. The van der Waals surface area contributed by atoms with Crippen molar-refractivity contribution in [2.75, 3.05) is 13.7 Å². The molecule has 2 unspecified atom stereocenters. The Bertz CT molecular complexity index is 416. The summed E-state index contributed by atoms with van der Waals surface area (Å²) in [4.78, 5) is 0. The second-order valence-corrected chi connectivity index (χ2v) is 5.60. The highest BCUT2D eigenvalue weighted by Gasteiger charge is 2.27. The predicted octanol–water partition coefficient (Wildman–Crippen LogP) is 4.28. The van der Waals surface area contributed by atoms with Gasteiger partial charge in [-0.1, -0.05) is 37.1 Å². The molecule has 0 radical (unpaired) electrons. The van der Waals surface area contributed by atoms with Crippen LogP contribution < -0.4 is 10.1 Å². The third-order valence-electron chi connectivity index (χ3n) is 4.28. The van der Waals surface area contributed by atoms with Gasteiger partial charge in [-0.15, -0.1) is 6.58 Å². The molecule has 20 heavy (non-hydrogen) atoms. The summed E-state index contributed by atoms with van der Waals surface area (Å²) in [6, 6.07) is 9.06. The summed E-state index contributed by atoms with van der Waals surface area (Å²) in [6.45, 7) is 4.63. The average Bonchev–Trinajstić information content (AvgIpc) is 2.51. The van der Waals surface area contributed by atoms with Gasteiger partial charge in [0.25, 0.3) is 0 Å². The van der Waals surface area contributed by atoms with Crippen molar-refractivity contribution in [1.82, 2.24) is 5.32 Å². The molecule has 0 spiro atoms. The molecule has 2 nitrogen and oxygen atoms in total. The second-order valence-electron chi connectivity index (χ2n) is 5.60. The molecule has 0 aliphatic carbocycles. The van der Waals surface area contributed by atoms with E-state index in [1.54, 1.807) is 0 Å². The molecule has 0 saturated heterocycles. The van der Waals surface area contributed by atoms with Crippen LogP contribution in [0.3, 0.4) is 0 Å². The van der Waals surface area contributed by atoms with E-state index in [-0.39, 0.29) is 0 Å². The van der Waals surface area contributed by atoms with Gasteiger partial charge in [-0.3, -0.25) is 0 Å². The van der Waals surface area contributed by atoms with Crippen LogP contribution in [0.4, 0.5) is 0 Å². The fourth-order valence-corrected chi connectivity index (χ4v) is 3.16. The average molecular weight is 273 g/mol. The highest BCUT2D eigenvalue weighted by molar-refractivity contribution is 5.38. The molecule has 2 heteroatoms. The van der Waals surface area contributed by atoms with Crippen molar-refractivity contribution in [3.05, 3.63) is 42.5 Å². The van der Waals surface area contributed by atoms with E-state index < -0.39 is 0 Å². The Balaban J connectivity index is 1.93. The predicted molar refractivity (Wildman–Crippen MR) is 85.4 cm³/mol. The lowest BCUT2D eigenvalue weighted by molar-refractivity contribution is 0.243. The minimum Gasteiger partial charge on any atom is -0.493 e. The van der Waals surface area contributed by atoms with Crippen LogP contribution >= 0.6 is 0 Å². The summed E-state index contributed by atoms with van der Waals surface area (Å²) in [6.07, 6.45) is 9.38. The first-order chi connectivity index (χ1) is 9.86. The maximum absolute atomic E-state index is 5.77. The summed E-state index contributed by atoms with van der Waals surface area (Å²) in [5.41, 5.74) is 1.38. The molecular weight excluding hydrogens is 246 g/mol. The van der Waals surface area contributed by atoms with Crippen LogP contribution in [0.5, 0.6) is 5.75 Å². The molecule has 1 N–H and O–H groups in total. The van der Waals surface area contributed by atoms with Gasteiger partial charge < -0.3 is 10.1 Å². The third-order valence-corrected chi connectivity index (χ3v) is 4.28. The maximum Gasteiger partial charge on any atom is 0.122 e. The van der Waals surface area contributed by atoms with E-state index in [4.69, 9.17) is 4.74 Å². The quantitative estimate of drug-likeness (QED) is 0.564. The second kappa shape index (κ2) is 8.11. The number of nitrogens with one attached hydrogen (secondary N) is 1. The van der Waals surface area contributed by atoms with E-state index in [0.717, 1.165) is 25.2 Å². The molecule has 0 aromatic heterocycles. The SMILES string of the molecule is C=CCCCCCC(NC)C1CCOc2ccccc21. The molecule has 0 fully saturated rings. The third kappa shape index (κ3) is 3.86. The van der Waals surface area contributed by atoms with Crippen molar-refractivity contribution in [1.29, 1.82) is 0 Å². The number of hydrogen-bond donors (Lipinski definition) is 1. The monoisotopic (exact) mass is 273 g/mol. The lowest BCUT2D eigenvalue weighted by Crippen LogP contribution is -2.35. The summed E-state index contributed by atoms with van der Waals surface area (Å²) < 4.78 is 5.77. The zero-order chi connectivity index (χ0) is 14.2. The van der Waals surface area contributed by atoms with E-state index in [9.17, 15) is 0 Å². The van der Waals surface area contributed by atoms with Gasteiger partial charge in [-0.2, -0.15) is 0 Å². The molecule has 0 saturated carbocycles. The Morgan fingerprint density at radius 3 is 3.00 bits per heavy atom. The minimum atomic E-state index is 0.559. The zero-order valence-electron chi connectivity index (χ0n) is 12.6. The van der Waals surface area contributed by atoms with E-state index in [2.05, 4.69) is 43.2 Å². The summed E-state index contributed by atoms with van der Waals surface area (Å²) in [5, 5.41) is 3.53. The first-order valence-corrected chi connectivity index (χ1v) is 7.86. The fraction of sp³-hybridized carbons (Fsp3) is 0.556. The highest BCUT2D eigenvalue weighted by Crippen LogP contribution is 2.36. The number of fused-ring (bicyclic) bond motifs is 1. The molecule has 0 bridgehead atoms. The number of allylic oxidation sites excluding steroid dienone is 1. The van der Waals surface area contributed by atoms with E-state index in [1.165, 1.54) is 31.2 Å². The number of hydrogen-bond acceptors (Lipinski definition) is 2. The van der Waals surface area contributed by atoms with Crippen molar-refractivity contribution in [3.8, 4) is 5.75 Å². The molecule has 110 valence electrons. The Hall–Kier alpha value is -1.28. The van der Waals surface area contributed by atoms with Crippen LogP contribution in [0.2, 0.25) is 0 Å². The van der Waals surface area contributed by atoms with Crippen LogP contribution in [0.15, 0.2) is 36.9 Å². The molecule has 1 aromatic rings. The van der Waals surface area contributed by atoms with E-state index >= 15 is 0 Å². The summed E-state index contributed by atoms with van der Waals surface area (Å²) in [7, 11) is 2.09. The van der Waals surface area contributed by atoms with Gasteiger partial charge in [0.05, 0.1) is 6.61 Å². The largest absolute Gasteiger partial charge is 0.493 e. The summed E-state index contributed by atoms with van der Waals surface area (Å²) in [5.74, 6) is 1.67. The van der Waals surface area contributed by atoms with Gasteiger partial charge in [0.15, 0.2) is 0 Å². The molecule has 1 heterocycles. The van der Waals surface area contributed by atoms with E-state index in [0.29, 0.717) is 12.0 Å². The van der Waals surface area contributed by atoms with Crippen molar-refractivity contribution in [2.45, 2.75) is 50.5 Å². The Kier molecular flexibility index (Phi) is 6.13. The normalized spacial score (nSPS) is 18.9. The molecular formula is C18H27NO. The van der Waals surface area contributed by atoms with Crippen LogP contribution in [0, 0.1) is 0 Å². The van der Waals surface area contributed by atoms with Gasteiger partial charge >= 0.3 is 0 Å². The molecule has 1 aromatic carbocycles. The molecule has 0 amide bonds. The highest BCUT2D eigenvalue weighted by atomic mass is 16.5. The summed E-state index contributed by atoms with van der Waals surface area (Å²) >= 11 is 0. The smallest absolute Gasteiger partial charge is 0.122 e. The number of ether oxygens (including phenoxy) is 1. The zero-order valence-corrected chi connectivity index (χ0v) is 12.6. The lowest BCUT2D eigenvalue weighted by Gasteiger charge is -2.32. The van der Waals surface area contributed by atoms with Gasteiger partial charge in [-0.25, -0.2) is 0 Å². The molecule has 1 aliphatic rings. The lowest BCUT2D eigenvalue weighted by atomic mass is 9.84.